The molecule has 0 aromatic heterocycles. The van der Waals surface area contributed by atoms with E-state index in [0.29, 0.717) is 5.02 Å². The first-order chi connectivity index (χ1) is 7.17. The first kappa shape index (κ1) is 12.3. The summed E-state index contributed by atoms with van der Waals surface area (Å²) in [6, 6.07) is 6.15. The summed E-state index contributed by atoms with van der Waals surface area (Å²) in [5.74, 6) is 0.735. The fourth-order valence-electron chi connectivity index (χ4n) is 1.42. The molecular weight excluding hydrogens is 210 g/mol. The fourth-order valence-corrected chi connectivity index (χ4v) is 1.61. The van der Waals surface area contributed by atoms with Crippen LogP contribution in [0.4, 0.5) is 0 Å². The second-order valence-corrected chi connectivity index (χ2v) is 4.08. The SMILES string of the molecule is CCC(N)CCc1ccc(Cl)c(OC)c1. The minimum Gasteiger partial charge on any atom is -0.495 e. The molecule has 2 nitrogen and oxygen atoms in total. The van der Waals surface area contributed by atoms with Crippen LogP contribution in [-0.4, -0.2) is 13.2 Å². The molecule has 0 aliphatic rings. The lowest BCUT2D eigenvalue weighted by Crippen LogP contribution is -2.19. The first-order valence-corrected chi connectivity index (χ1v) is 5.63. The number of ether oxygens (including phenoxy) is 1. The van der Waals surface area contributed by atoms with Gasteiger partial charge in [-0.05, 0) is 37.0 Å². The van der Waals surface area contributed by atoms with E-state index < -0.39 is 0 Å². The molecule has 0 radical (unpaired) electrons. The molecule has 0 bridgehead atoms. The summed E-state index contributed by atoms with van der Waals surface area (Å²) < 4.78 is 5.16. The molecule has 0 amide bonds. The second kappa shape index (κ2) is 5.99. The average molecular weight is 228 g/mol. The van der Waals surface area contributed by atoms with E-state index >= 15 is 0 Å². The third-order valence-corrected chi connectivity index (χ3v) is 2.86. The largest absolute Gasteiger partial charge is 0.495 e. The van der Waals surface area contributed by atoms with E-state index in [1.807, 2.05) is 18.2 Å². The molecule has 0 heterocycles. The normalized spacial score (nSPS) is 12.5. The van der Waals surface area contributed by atoms with Gasteiger partial charge in [0.15, 0.2) is 0 Å². The van der Waals surface area contributed by atoms with Crippen molar-refractivity contribution >= 4 is 11.6 Å². The zero-order valence-corrected chi connectivity index (χ0v) is 10.1. The molecule has 0 spiro atoms. The van der Waals surface area contributed by atoms with Gasteiger partial charge in [-0.2, -0.15) is 0 Å². The zero-order chi connectivity index (χ0) is 11.3. The third-order valence-electron chi connectivity index (χ3n) is 2.54. The number of benzene rings is 1. The van der Waals surface area contributed by atoms with Crippen LogP contribution >= 0.6 is 11.6 Å². The third kappa shape index (κ3) is 3.73. The fraction of sp³-hybridized carbons (Fsp3) is 0.500. The van der Waals surface area contributed by atoms with Crippen LogP contribution in [0.2, 0.25) is 5.02 Å². The molecule has 1 rings (SSSR count). The zero-order valence-electron chi connectivity index (χ0n) is 9.29. The highest BCUT2D eigenvalue weighted by Gasteiger charge is 2.04. The van der Waals surface area contributed by atoms with Crippen molar-refractivity contribution in [3.63, 3.8) is 0 Å². The molecule has 3 heteroatoms. The van der Waals surface area contributed by atoms with Crippen LogP contribution in [0.3, 0.4) is 0 Å². The van der Waals surface area contributed by atoms with Crippen molar-refractivity contribution in [2.75, 3.05) is 7.11 Å². The molecule has 0 saturated heterocycles. The highest BCUT2D eigenvalue weighted by atomic mass is 35.5. The topological polar surface area (TPSA) is 35.2 Å². The van der Waals surface area contributed by atoms with Crippen molar-refractivity contribution < 1.29 is 4.74 Å². The summed E-state index contributed by atoms with van der Waals surface area (Å²) in [6.45, 7) is 2.10. The van der Waals surface area contributed by atoms with Crippen LogP contribution < -0.4 is 10.5 Å². The van der Waals surface area contributed by atoms with Gasteiger partial charge >= 0.3 is 0 Å². The predicted octanol–water partition coefficient (Wildman–Crippen LogP) is 3.02. The molecule has 0 aliphatic carbocycles. The number of aryl methyl sites for hydroxylation is 1. The summed E-state index contributed by atoms with van der Waals surface area (Å²) >= 11 is 5.94. The Hall–Kier alpha value is -0.730. The Bertz CT molecular complexity index is 314. The lowest BCUT2D eigenvalue weighted by molar-refractivity contribution is 0.414. The summed E-state index contributed by atoms with van der Waals surface area (Å²) in [4.78, 5) is 0. The van der Waals surface area contributed by atoms with Crippen LogP contribution in [0.25, 0.3) is 0 Å². The number of hydrogen-bond acceptors (Lipinski definition) is 2. The van der Waals surface area contributed by atoms with E-state index in [1.54, 1.807) is 7.11 Å². The van der Waals surface area contributed by atoms with E-state index in [1.165, 1.54) is 5.56 Å². The van der Waals surface area contributed by atoms with Gasteiger partial charge in [0.25, 0.3) is 0 Å². The van der Waals surface area contributed by atoms with E-state index in [-0.39, 0.29) is 6.04 Å². The maximum Gasteiger partial charge on any atom is 0.137 e. The number of nitrogens with two attached hydrogens (primary N) is 1. The Morgan fingerprint density at radius 3 is 2.80 bits per heavy atom. The van der Waals surface area contributed by atoms with Crippen molar-refractivity contribution in [2.24, 2.45) is 5.73 Å². The van der Waals surface area contributed by atoms with E-state index in [9.17, 15) is 0 Å². The predicted molar refractivity (Wildman–Crippen MR) is 64.6 cm³/mol. The number of methoxy groups -OCH3 is 1. The van der Waals surface area contributed by atoms with Gasteiger partial charge in [-0.25, -0.2) is 0 Å². The maximum absolute atomic E-state index is 5.94. The Kier molecular flexibility index (Phi) is 4.92. The molecule has 84 valence electrons. The number of hydrogen-bond donors (Lipinski definition) is 1. The first-order valence-electron chi connectivity index (χ1n) is 5.25. The Morgan fingerprint density at radius 2 is 2.20 bits per heavy atom. The van der Waals surface area contributed by atoms with Gasteiger partial charge in [0.05, 0.1) is 12.1 Å². The lowest BCUT2D eigenvalue weighted by Gasteiger charge is -2.09. The molecule has 15 heavy (non-hydrogen) atoms. The van der Waals surface area contributed by atoms with Gasteiger partial charge in [-0.3, -0.25) is 0 Å². The van der Waals surface area contributed by atoms with Crippen LogP contribution in [0.5, 0.6) is 5.75 Å². The quantitative estimate of drug-likeness (QED) is 0.839. The minimum atomic E-state index is 0.284. The summed E-state index contributed by atoms with van der Waals surface area (Å²) in [5.41, 5.74) is 7.09. The summed E-state index contributed by atoms with van der Waals surface area (Å²) in [7, 11) is 1.63. The van der Waals surface area contributed by atoms with Crippen LogP contribution in [0.15, 0.2) is 18.2 Å². The number of rotatable bonds is 5. The van der Waals surface area contributed by atoms with Gasteiger partial charge < -0.3 is 10.5 Å². The molecule has 1 aromatic carbocycles. The maximum atomic E-state index is 5.94. The molecule has 1 atom stereocenters. The van der Waals surface area contributed by atoms with E-state index in [4.69, 9.17) is 22.1 Å². The van der Waals surface area contributed by atoms with Crippen molar-refractivity contribution in [3.8, 4) is 5.75 Å². The molecule has 1 aromatic rings. The van der Waals surface area contributed by atoms with Crippen LogP contribution in [-0.2, 0) is 6.42 Å². The highest BCUT2D eigenvalue weighted by molar-refractivity contribution is 6.32. The Labute approximate surface area is 96.4 Å². The van der Waals surface area contributed by atoms with Crippen molar-refractivity contribution in [1.82, 2.24) is 0 Å². The second-order valence-electron chi connectivity index (χ2n) is 3.68. The van der Waals surface area contributed by atoms with Gasteiger partial charge in [-0.15, -0.1) is 0 Å². The summed E-state index contributed by atoms with van der Waals surface area (Å²) in [6.07, 6.45) is 2.99. The van der Waals surface area contributed by atoms with Crippen LogP contribution in [0, 0.1) is 0 Å². The van der Waals surface area contributed by atoms with Gasteiger partial charge in [0.2, 0.25) is 0 Å². The molecule has 2 N–H and O–H groups in total. The van der Waals surface area contributed by atoms with Gasteiger partial charge in [-0.1, -0.05) is 24.6 Å². The average Bonchev–Trinajstić information content (AvgIpc) is 2.27. The molecule has 1 unspecified atom stereocenters. The standard InChI is InChI=1S/C12H18ClNO/c1-3-10(14)6-4-9-5-7-11(13)12(8-9)15-2/h5,7-8,10H,3-4,6,14H2,1-2H3. The summed E-state index contributed by atoms with van der Waals surface area (Å²) in [5, 5.41) is 0.654. The Balaban J connectivity index is 2.62. The highest BCUT2D eigenvalue weighted by Crippen LogP contribution is 2.25. The smallest absolute Gasteiger partial charge is 0.137 e. The number of halogens is 1. The van der Waals surface area contributed by atoms with Gasteiger partial charge in [0, 0.05) is 6.04 Å². The molecule has 0 fully saturated rings. The van der Waals surface area contributed by atoms with E-state index in [0.717, 1.165) is 25.0 Å². The molecular formula is C12H18ClNO. The van der Waals surface area contributed by atoms with Crippen molar-refractivity contribution in [2.45, 2.75) is 32.2 Å². The molecule has 0 saturated carbocycles. The minimum absolute atomic E-state index is 0.284. The lowest BCUT2D eigenvalue weighted by atomic mass is 10.0. The van der Waals surface area contributed by atoms with Crippen molar-refractivity contribution in [3.05, 3.63) is 28.8 Å². The van der Waals surface area contributed by atoms with Crippen molar-refractivity contribution in [1.29, 1.82) is 0 Å². The van der Waals surface area contributed by atoms with Crippen LogP contribution in [0.1, 0.15) is 25.3 Å². The van der Waals surface area contributed by atoms with E-state index in [2.05, 4.69) is 6.92 Å². The molecule has 0 aliphatic heterocycles. The Morgan fingerprint density at radius 1 is 1.47 bits per heavy atom. The van der Waals surface area contributed by atoms with Gasteiger partial charge in [0.1, 0.15) is 5.75 Å². The monoisotopic (exact) mass is 227 g/mol.